The molecule has 0 aliphatic carbocycles. The number of likely N-dealkylation sites (N-methyl/N-ethyl adjacent to an activating group) is 1. The third-order valence-electron chi connectivity index (χ3n) is 3.54. The monoisotopic (exact) mass is 252 g/mol. The van der Waals surface area contributed by atoms with Gasteiger partial charge in [0.1, 0.15) is 13.1 Å². The Balaban J connectivity index is 2.26. The van der Waals surface area contributed by atoms with Gasteiger partial charge in [-0.25, -0.2) is 0 Å². The van der Waals surface area contributed by atoms with E-state index >= 15 is 0 Å². The second-order valence-corrected chi connectivity index (χ2v) is 5.18. The maximum atomic E-state index is 9.07. The minimum absolute atomic E-state index is 0.190. The van der Waals surface area contributed by atoms with Crippen LogP contribution in [-0.4, -0.2) is 54.6 Å². The molecule has 102 valence electrons. The van der Waals surface area contributed by atoms with Crippen molar-refractivity contribution >= 4 is 0 Å². The van der Waals surface area contributed by atoms with E-state index in [1.807, 2.05) is 6.07 Å². The highest BCUT2D eigenvalue weighted by Crippen LogP contribution is 2.09. The van der Waals surface area contributed by atoms with E-state index in [2.05, 4.69) is 31.3 Å². The molecule has 0 unspecified atom stereocenters. The number of unbranched alkanes of at least 4 members (excludes halogenated alkanes) is 1. The molecule has 1 aromatic rings. The highest BCUT2D eigenvalue weighted by molar-refractivity contribution is 5.14. The molecule has 0 amide bonds. The molecule has 1 rings (SSSR count). The Kier molecular flexibility index (Phi) is 6.94. The van der Waals surface area contributed by atoms with Crippen LogP contribution in [0.15, 0.2) is 30.3 Å². The molecule has 0 bridgehead atoms. The van der Waals surface area contributed by atoms with Crippen LogP contribution in [0.1, 0.15) is 18.4 Å². The fraction of sp³-hybridized carbons (Fsp3) is 0.600. The average molecular weight is 252 g/mol. The van der Waals surface area contributed by atoms with Crippen molar-refractivity contribution in [2.75, 3.05) is 39.9 Å². The number of hydrogen-bond acceptors (Lipinski definition) is 2. The predicted molar refractivity (Wildman–Crippen MR) is 74.3 cm³/mol. The Labute approximate surface area is 110 Å². The third kappa shape index (κ3) is 5.63. The van der Waals surface area contributed by atoms with Crippen molar-refractivity contribution < 1.29 is 14.7 Å². The fourth-order valence-corrected chi connectivity index (χ4v) is 2.29. The summed E-state index contributed by atoms with van der Waals surface area (Å²) < 4.78 is 0.766. The summed E-state index contributed by atoms with van der Waals surface area (Å²) in [6, 6.07) is 10.5. The molecule has 0 fully saturated rings. The van der Waals surface area contributed by atoms with Crippen molar-refractivity contribution in [2.24, 2.45) is 0 Å². The Hall–Kier alpha value is -0.900. The van der Waals surface area contributed by atoms with E-state index in [-0.39, 0.29) is 13.2 Å². The second kappa shape index (κ2) is 8.25. The first-order valence-electron chi connectivity index (χ1n) is 6.79. The molecule has 0 saturated carbocycles. The van der Waals surface area contributed by atoms with Gasteiger partial charge >= 0.3 is 0 Å². The lowest BCUT2D eigenvalue weighted by Crippen LogP contribution is -2.48. The molecule has 0 saturated heterocycles. The van der Waals surface area contributed by atoms with E-state index in [0.717, 1.165) is 43.4 Å². The molecule has 0 spiro atoms. The van der Waals surface area contributed by atoms with Crippen molar-refractivity contribution in [3.63, 3.8) is 0 Å². The van der Waals surface area contributed by atoms with E-state index in [0.29, 0.717) is 0 Å². The summed E-state index contributed by atoms with van der Waals surface area (Å²) in [6.45, 7) is 2.86. The highest BCUT2D eigenvalue weighted by Gasteiger charge is 2.19. The zero-order valence-corrected chi connectivity index (χ0v) is 11.4. The summed E-state index contributed by atoms with van der Waals surface area (Å²) in [4.78, 5) is 0. The number of quaternary nitrogens is 1. The Bertz CT molecular complexity index is 308. The minimum Gasteiger partial charge on any atom is -0.391 e. The van der Waals surface area contributed by atoms with Crippen molar-refractivity contribution in [3.05, 3.63) is 35.9 Å². The molecule has 0 radical (unpaired) electrons. The van der Waals surface area contributed by atoms with E-state index in [1.54, 1.807) is 0 Å². The summed E-state index contributed by atoms with van der Waals surface area (Å²) in [5.74, 6) is 0. The molecule has 0 heterocycles. The van der Waals surface area contributed by atoms with Crippen LogP contribution in [-0.2, 0) is 6.42 Å². The van der Waals surface area contributed by atoms with Crippen molar-refractivity contribution in [2.45, 2.75) is 19.3 Å². The summed E-state index contributed by atoms with van der Waals surface area (Å²) in [5, 5.41) is 18.1. The normalized spacial score (nSPS) is 11.7. The van der Waals surface area contributed by atoms with E-state index < -0.39 is 0 Å². The number of nitrogens with zero attached hydrogens (tertiary/aromatic N) is 1. The molecule has 0 aliphatic rings. The molecule has 0 aromatic heterocycles. The average Bonchev–Trinajstić information content (AvgIpc) is 2.37. The van der Waals surface area contributed by atoms with Crippen LogP contribution in [0.3, 0.4) is 0 Å². The lowest BCUT2D eigenvalue weighted by Gasteiger charge is -2.33. The molecule has 2 N–H and O–H groups in total. The lowest BCUT2D eigenvalue weighted by atomic mass is 10.1. The summed E-state index contributed by atoms with van der Waals surface area (Å²) in [5.41, 5.74) is 1.39. The van der Waals surface area contributed by atoms with Gasteiger partial charge in [0.25, 0.3) is 0 Å². The lowest BCUT2D eigenvalue weighted by molar-refractivity contribution is -0.910. The highest BCUT2D eigenvalue weighted by atomic mass is 16.3. The Morgan fingerprint density at radius 1 is 0.889 bits per heavy atom. The number of aryl methyl sites for hydroxylation is 1. The number of benzene rings is 1. The molecule has 1 aromatic carbocycles. The zero-order chi connectivity index (χ0) is 13.3. The quantitative estimate of drug-likeness (QED) is 0.516. The van der Waals surface area contributed by atoms with Crippen LogP contribution >= 0.6 is 0 Å². The fourth-order valence-electron chi connectivity index (χ4n) is 2.29. The van der Waals surface area contributed by atoms with Gasteiger partial charge in [0, 0.05) is 0 Å². The topological polar surface area (TPSA) is 40.5 Å². The van der Waals surface area contributed by atoms with E-state index in [9.17, 15) is 0 Å². The van der Waals surface area contributed by atoms with Crippen LogP contribution in [0.25, 0.3) is 0 Å². The van der Waals surface area contributed by atoms with Gasteiger partial charge in [-0.05, 0) is 24.8 Å². The van der Waals surface area contributed by atoms with Gasteiger partial charge in [-0.15, -0.1) is 0 Å². The standard InChI is InChI=1S/C15H26NO2/c1-16(11-13-17,12-14-18)10-6-5-9-15-7-3-2-4-8-15/h2-4,7-8,17-18H,5-6,9-14H2,1H3/q+1. The van der Waals surface area contributed by atoms with E-state index in [4.69, 9.17) is 10.2 Å². The molecule has 18 heavy (non-hydrogen) atoms. The van der Waals surface area contributed by atoms with Gasteiger partial charge in [0.2, 0.25) is 0 Å². The third-order valence-corrected chi connectivity index (χ3v) is 3.54. The maximum absolute atomic E-state index is 9.07. The van der Waals surface area contributed by atoms with Gasteiger partial charge in [0.05, 0.1) is 26.8 Å². The van der Waals surface area contributed by atoms with E-state index in [1.165, 1.54) is 5.56 Å². The second-order valence-electron chi connectivity index (χ2n) is 5.18. The first kappa shape index (κ1) is 15.2. The van der Waals surface area contributed by atoms with Gasteiger partial charge < -0.3 is 14.7 Å². The first-order chi connectivity index (χ1) is 8.70. The van der Waals surface area contributed by atoms with Crippen molar-refractivity contribution in [1.29, 1.82) is 0 Å². The molecule has 0 atom stereocenters. The van der Waals surface area contributed by atoms with Crippen LogP contribution in [0, 0.1) is 0 Å². The van der Waals surface area contributed by atoms with Gasteiger partial charge in [-0.2, -0.15) is 0 Å². The summed E-state index contributed by atoms with van der Waals surface area (Å²) in [6.07, 6.45) is 3.40. The Morgan fingerprint density at radius 3 is 2.06 bits per heavy atom. The predicted octanol–water partition coefficient (Wildman–Crippen LogP) is 1.44. The number of aliphatic hydroxyl groups excluding tert-OH is 2. The molecule has 0 aliphatic heterocycles. The molecule has 3 nitrogen and oxygen atoms in total. The van der Waals surface area contributed by atoms with Crippen LogP contribution < -0.4 is 0 Å². The smallest absolute Gasteiger partial charge is 0.102 e. The molecular formula is C15H26NO2+. The summed E-state index contributed by atoms with van der Waals surface area (Å²) >= 11 is 0. The van der Waals surface area contributed by atoms with Crippen molar-refractivity contribution in [3.8, 4) is 0 Å². The maximum Gasteiger partial charge on any atom is 0.102 e. The number of aliphatic hydroxyl groups is 2. The van der Waals surface area contributed by atoms with Crippen LogP contribution in [0.5, 0.6) is 0 Å². The van der Waals surface area contributed by atoms with Crippen LogP contribution in [0.2, 0.25) is 0 Å². The largest absolute Gasteiger partial charge is 0.391 e. The molecular weight excluding hydrogens is 226 g/mol. The number of rotatable bonds is 9. The minimum atomic E-state index is 0.190. The first-order valence-corrected chi connectivity index (χ1v) is 6.79. The Morgan fingerprint density at radius 2 is 1.50 bits per heavy atom. The van der Waals surface area contributed by atoms with Crippen molar-refractivity contribution in [1.82, 2.24) is 0 Å². The van der Waals surface area contributed by atoms with Gasteiger partial charge in [-0.3, -0.25) is 0 Å². The SMILES string of the molecule is C[N+](CCO)(CCO)CCCCc1ccccc1. The summed E-state index contributed by atoms with van der Waals surface area (Å²) in [7, 11) is 2.11. The van der Waals surface area contributed by atoms with Crippen LogP contribution in [0.4, 0.5) is 0 Å². The number of hydrogen-bond donors (Lipinski definition) is 2. The molecule has 3 heteroatoms. The van der Waals surface area contributed by atoms with Gasteiger partial charge in [0.15, 0.2) is 0 Å². The zero-order valence-electron chi connectivity index (χ0n) is 11.4. The van der Waals surface area contributed by atoms with Gasteiger partial charge in [-0.1, -0.05) is 30.3 Å².